The third-order valence-corrected chi connectivity index (χ3v) is 5.39. The van der Waals surface area contributed by atoms with E-state index in [1.54, 1.807) is 0 Å². The molecule has 0 aromatic carbocycles. The molecular formula is C15H24N2O3. The Morgan fingerprint density at radius 1 is 1.20 bits per heavy atom. The summed E-state index contributed by atoms with van der Waals surface area (Å²) in [4.78, 5) is 24.2. The summed E-state index contributed by atoms with van der Waals surface area (Å²) in [5, 5.41) is 14.6. The molecule has 5 heteroatoms. The van der Waals surface area contributed by atoms with Crippen LogP contribution in [0.15, 0.2) is 0 Å². The molecule has 0 spiro atoms. The molecule has 5 nitrogen and oxygen atoms in total. The van der Waals surface area contributed by atoms with Crippen molar-refractivity contribution >= 4 is 5.91 Å². The van der Waals surface area contributed by atoms with Crippen LogP contribution in [0.4, 0.5) is 0 Å². The molecule has 4 saturated carbocycles. The van der Waals surface area contributed by atoms with Crippen LogP contribution < -0.4 is 5.32 Å². The van der Waals surface area contributed by atoms with Gasteiger partial charge in [-0.2, -0.15) is 0 Å². The maximum atomic E-state index is 12.7. The Balaban J connectivity index is 1.91. The highest BCUT2D eigenvalue weighted by Gasteiger charge is 2.66. The molecule has 4 aliphatic rings. The Hall–Kier alpha value is -1.13. The molecule has 1 N–H and O–H groups in total. The summed E-state index contributed by atoms with van der Waals surface area (Å²) in [6.45, 7) is 5.90. The van der Waals surface area contributed by atoms with Crippen LogP contribution in [0.25, 0.3) is 0 Å². The first kappa shape index (κ1) is 13.8. The van der Waals surface area contributed by atoms with E-state index in [1.807, 2.05) is 20.8 Å². The minimum Gasteiger partial charge on any atom is -0.351 e. The summed E-state index contributed by atoms with van der Waals surface area (Å²) in [5.41, 5.74) is -1.58. The molecule has 2 unspecified atom stereocenters. The van der Waals surface area contributed by atoms with Gasteiger partial charge < -0.3 is 5.32 Å². The van der Waals surface area contributed by atoms with Gasteiger partial charge in [-0.3, -0.25) is 14.9 Å². The van der Waals surface area contributed by atoms with Gasteiger partial charge >= 0.3 is 0 Å². The van der Waals surface area contributed by atoms with Crippen molar-refractivity contribution in [3.05, 3.63) is 10.1 Å². The first-order chi connectivity index (χ1) is 9.14. The molecule has 1 amide bonds. The van der Waals surface area contributed by atoms with Crippen molar-refractivity contribution in [2.24, 2.45) is 17.3 Å². The van der Waals surface area contributed by atoms with E-state index in [4.69, 9.17) is 0 Å². The largest absolute Gasteiger partial charge is 0.351 e. The number of hydrogen-bond acceptors (Lipinski definition) is 3. The Morgan fingerprint density at radius 2 is 1.75 bits per heavy atom. The van der Waals surface area contributed by atoms with Crippen LogP contribution in [-0.4, -0.2) is 21.9 Å². The molecule has 4 fully saturated rings. The predicted octanol–water partition coefficient (Wildman–Crippen LogP) is 2.52. The number of amides is 1. The fourth-order valence-corrected chi connectivity index (χ4v) is 5.17. The number of rotatable bonds is 2. The van der Waals surface area contributed by atoms with Crippen molar-refractivity contribution in [3.8, 4) is 0 Å². The van der Waals surface area contributed by atoms with Crippen LogP contribution in [0.3, 0.4) is 0 Å². The van der Waals surface area contributed by atoms with E-state index >= 15 is 0 Å². The van der Waals surface area contributed by atoms with Crippen LogP contribution >= 0.6 is 0 Å². The van der Waals surface area contributed by atoms with Gasteiger partial charge in [0.2, 0.25) is 11.4 Å². The van der Waals surface area contributed by atoms with Gasteiger partial charge in [-0.05, 0) is 51.9 Å². The van der Waals surface area contributed by atoms with Crippen LogP contribution in [0.2, 0.25) is 0 Å². The third kappa shape index (κ3) is 2.02. The minimum atomic E-state index is -0.820. The monoisotopic (exact) mass is 280 g/mol. The molecule has 4 aliphatic carbocycles. The van der Waals surface area contributed by atoms with Crippen LogP contribution in [0, 0.1) is 27.4 Å². The number of nitro groups is 1. The summed E-state index contributed by atoms with van der Waals surface area (Å²) in [7, 11) is 0. The smallest absolute Gasteiger partial charge is 0.226 e. The topological polar surface area (TPSA) is 72.2 Å². The summed E-state index contributed by atoms with van der Waals surface area (Å²) >= 11 is 0. The van der Waals surface area contributed by atoms with Gasteiger partial charge in [0.05, 0.1) is 5.41 Å². The summed E-state index contributed by atoms with van der Waals surface area (Å²) < 4.78 is 0. The quantitative estimate of drug-likeness (QED) is 0.624. The minimum absolute atomic E-state index is 0.0466. The zero-order valence-corrected chi connectivity index (χ0v) is 12.6. The van der Waals surface area contributed by atoms with Crippen molar-refractivity contribution in [2.75, 3.05) is 0 Å². The van der Waals surface area contributed by atoms with Gasteiger partial charge in [0.15, 0.2) is 0 Å². The maximum absolute atomic E-state index is 12.7. The third-order valence-electron chi connectivity index (χ3n) is 5.39. The molecule has 20 heavy (non-hydrogen) atoms. The first-order valence-electron chi connectivity index (χ1n) is 7.61. The lowest BCUT2D eigenvalue weighted by Gasteiger charge is -2.57. The van der Waals surface area contributed by atoms with Crippen molar-refractivity contribution in [3.63, 3.8) is 0 Å². The number of nitrogens with one attached hydrogen (secondary N) is 1. The Morgan fingerprint density at radius 3 is 2.20 bits per heavy atom. The predicted molar refractivity (Wildman–Crippen MR) is 74.7 cm³/mol. The standard InChI is InChI=1S/C15H24N2O3/c1-13(2,3)16-12(18)14-5-10-4-11(6-14)8-15(7-10,9-14)17(19)20/h10-11H,4-9H2,1-3H3,(H,16,18). The second-order valence-corrected chi connectivity index (χ2v) is 8.43. The van der Waals surface area contributed by atoms with E-state index in [0.29, 0.717) is 31.1 Å². The van der Waals surface area contributed by atoms with Gasteiger partial charge in [0, 0.05) is 29.7 Å². The highest BCUT2D eigenvalue weighted by molar-refractivity contribution is 5.84. The Labute approximate surface area is 119 Å². The lowest BCUT2D eigenvalue weighted by atomic mass is 9.46. The van der Waals surface area contributed by atoms with Gasteiger partial charge in [-0.1, -0.05) is 0 Å². The molecule has 112 valence electrons. The van der Waals surface area contributed by atoms with Crippen molar-refractivity contribution < 1.29 is 9.72 Å². The molecule has 0 heterocycles. The lowest BCUT2D eigenvalue weighted by molar-refractivity contribution is -0.590. The summed E-state index contributed by atoms with van der Waals surface area (Å²) in [6, 6.07) is 0. The van der Waals surface area contributed by atoms with E-state index in [-0.39, 0.29) is 16.4 Å². The number of nitrogens with zero attached hydrogens (tertiary/aromatic N) is 1. The highest BCUT2D eigenvalue weighted by atomic mass is 16.6. The SMILES string of the molecule is CC(C)(C)NC(=O)C12CC3CC(C1)CC([N+](=O)[O-])(C3)C2. The maximum Gasteiger partial charge on any atom is 0.226 e. The molecule has 0 aliphatic heterocycles. The fourth-order valence-electron chi connectivity index (χ4n) is 5.17. The number of hydrogen-bond donors (Lipinski definition) is 1. The molecule has 0 aromatic heterocycles. The number of carbonyl (C=O) groups excluding carboxylic acids is 1. The molecule has 2 atom stereocenters. The van der Waals surface area contributed by atoms with Crippen LogP contribution in [0.5, 0.6) is 0 Å². The van der Waals surface area contributed by atoms with Gasteiger partial charge in [0.1, 0.15) is 0 Å². The normalized spacial score (nSPS) is 42.5. The Kier molecular flexibility index (Phi) is 2.73. The zero-order valence-electron chi connectivity index (χ0n) is 12.6. The lowest BCUT2D eigenvalue weighted by Crippen LogP contribution is -2.64. The molecule has 0 aromatic rings. The highest BCUT2D eigenvalue weighted by Crippen LogP contribution is 2.62. The molecular weight excluding hydrogens is 256 g/mol. The average Bonchev–Trinajstić information content (AvgIpc) is 2.24. The Bertz CT molecular complexity index is 452. The molecule has 4 bridgehead atoms. The van der Waals surface area contributed by atoms with Gasteiger partial charge in [0.25, 0.3) is 0 Å². The van der Waals surface area contributed by atoms with E-state index < -0.39 is 11.0 Å². The van der Waals surface area contributed by atoms with Crippen molar-refractivity contribution in [1.29, 1.82) is 0 Å². The van der Waals surface area contributed by atoms with E-state index in [2.05, 4.69) is 5.32 Å². The van der Waals surface area contributed by atoms with E-state index in [0.717, 1.165) is 19.3 Å². The van der Waals surface area contributed by atoms with Crippen molar-refractivity contribution in [2.45, 2.75) is 70.4 Å². The molecule has 4 rings (SSSR count). The van der Waals surface area contributed by atoms with Crippen molar-refractivity contribution in [1.82, 2.24) is 5.32 Å². The fraction of sp³-hybridized carbons (Fsp3) is 0.933. The zero-order chi connectivity index (χ0) is 14.8. The van der Waals surface area contributed by atoms with E-state index in [1.165, 1.54) is 0 Å². The van der Waals surface area contributed by atoms with Gasteiger partial charge in [-0.25, -0.2) is 0 Å². The van der Waals surface area contributed by atoms with Gasteiger partial charge in [-0.15, -0.1) is 0 Å². The molecule has 0 radical (unpaired) electrons. The second kappa shape index (κ2) is 3.95. The second-order valence-electron chi connectivity index (χ2n) is 8.43. The van der Waals surface area contributed by atoms with Crippen LogP contribution in [0.1, 0.15) is 59.3 Å². The number of carbonyl (C=O) groups is 1. The molecule has 0 saturated heterocycles. The summed E-state index contributed by atoms with van der Waals surface area (Å²) in [6.07, 6.45) is 4.59. The average molecular weight is 280 g/mol. The summed E-state index contributed by atoms with van der Waals surface area (Å²) in [5.74, 6) is 0.782. The van der Waals surface area contributed by atoms with Crippen LogP contribution in [-0.2, 0) is 4.79 Å². The van der Waals surface area contributed by atoms with E-state index in [9.17, 15) is 14.9 Å². The first-order valence-corrected chi connectivity index (χ1v) is 7.61.